The summed E-state index contributed by atoms with van der Waals surface area (Å²) < 4.78 is 39.9. The van der Waals surface area contributed by atoms with E-state index in [0.29, 0.717) is 28.7 Å². The van der Waals surface area contributed by atoms with Crippen molar-refractivity contribution in [2.24, 2.45) is 0 Å². The molecule has 9 heteroatoms. The summed E-state index contributed by atoms with van der Waals surface area (Å²) in [6.45, 7) is 0.346. The summed E-state index contributed by atoms with van der Waals surface area (Å²) in [5, 5.41) is 6.02. The van der Waals surface area contributed by atoms with Crippen LogP contribution >= 0.6 is 23.2 Å². The number of nitrogens with one attached hydrogen (secondary N) is 2. The molecule has 0 aliphatic rings. The Morgan fingerprint density at radius 1 is 1.04 bits per heavy atom. The van der Waals surface area contributed by atoms with Crippen molar-refractivity contribution in [2.75, 3.05) is 11.9 Å². The SMILES string of the molecule is O=C(NCCc1ccc(Cl)c(Cl)c1)Nc1ccc(OC(F)(F)F)cc1. The fourth-order valence-electron chi connectivity index (χ4n) is 1.93. The minimum atomic E-state index is -4.75. The van der Waals surface area contributed by atoms with Gasteiger partial charge in [0.25, 0.3) is 0 Å². The van der Waals surface area contributed by atoms with Crippen LogP contribution in [0.1, 0.15) is 5.56 Å². The number of amides is 2. The maximum atomic E-state index is 12.1. The van der Waals surface area contributed by atoms with Gasteiger partial charge in [0, 0.05) is 12.2 Å². The van der Waals surface area contributed by atoms with Crippen LogP contribution < -0.4 is 15.4 Å². The molecule has 2 aromatic rings. The lowest BCUT2D eigenvalue weighted by atomic mass is 10.1. The molecule has 0 bridgehead atoms. The minimum absolute atomic E-state index is 0.335. The number of hydrogen-bond donors (Lipinski definition) is 2. The van der Waals surface area contributed by atoms with Gasteiger partial charge in [-0.1, -0.05) is 29.3 Å². The van der Waals surface area contributed by atoms with Crippen LogP contribution in [0.5, 0.6) is 5.75 Å². The average Bonchev–Trinajstić information content (AvgIpc) is 2.51. The highest BCUT2D eigenvalue weighted by molar-refractivity contribution is 6.42. The van der Waals surface area contributed by atoms with Gasteiger partial charge in [-0.15, -0.1) is 13.2 Å². The van der Waals surface area contributed by atoms with Crippen molar-refractivity contribution in [2.45, 2.75) is 12.8 Å². The summed E-state index contributed by atoms with van der Waals surface area (Å²) in [6, 6.07) is 9.53. The van der Waals surface area contributed by atoms with Gasteiger partial charge in [-0.05, 0) is 48.4 Å². The summed E-state index contributed by atoms with van der Waals surface area (Å²) >= 11 is 11.7. The summed E-state index contributed by atoms with van der Waals surface area (Å²) in [4.78, 5) is 11.8. The molecule has 2 N–H and O–H groups in total. The molecule has 0 atom stereocenters. The third kappa shape index (κ3) is 6.72. The lowest BCUT2D eigenvalue weighted by molar-refractivity contribution is -0.274. The zero-order chi connectivity index (χ0) is 18.4. The number of benzene rings is 2. The minimum Gasteiger partial charge on any atom is -0.406 e. The molecule has 0 unspecified atom stereocenters. The van der Waals surface area contributed by atoms with Gasteiger partial charge < -0.3 is 15.4 Å². The Hall–Kier alpha value is -2.12. The highest BCUT2D eigenvalue weighted by Gasteiger charge is 2.30. The average molecular weight is 393 g/mol. The third-order valence-corrected chi connectivity index (χ3v) is 3.77. The van der Waals surface area contributed by atoms with Crippen molar-refractivity contribution in [1.29, 1.82) is 0 Å². The number of alkyl halides is 3. The van der Waals surface area contributed by atoms with Crippen LogP contribution in [0.15, 0.2) is 42.5 Å². The maximum Gasteiger partial charge on any atom is 0.573 e. The van der Waals surface area contributed by atoms with Crippen LogP contribution in [-0.2, 0) is 6.42 Å². The number of carbonyl (C=O) groups excluding carboxylic acids is 1. The number of carbonyl (C=O) groups is 1. The molecule has 4 nitrogen and oxygen atoms in total. The number of rotatable bonds is 5. The first kappa shape index (κ1) is 19.2. The predicted octanol–water partition coefficient (Wildman–Crippen LogP) is 5.26. The summed E-state index contributed by atoms with van der Waals surface area (Å²) in [5.41, 5.74) is 1.24. The molecule has 134 valence electrons. The van der Waals surface area contributed by atoms with E-state index in [1.165, 1.54) is 12.1 Å². The van der Waals surface area contributed by atoms with Crippen LogP contribution in [0.3, 0.4) is 0 Å². The van der Waals surface area contributed by atoms with E-state index in [0.717, 1.165) is 17.7 Å². The molecule has 0 fully saturated rings. The Balaban J connectivity index is 1.79. The largest absolute Gasteiger partial charge is 0.573 e. The summed E-state index contributed by atoms with van der Waals surface area (Å²) in [7, 11) is 0. The normalized spacial score (nSPS) is 11.1. The second kappa shape index (κ2) is 8.31. The molecule has 0 aliphatic heterocycles. The van der Waals surface area contributed by atoms with Crippen LogP contribution in [-0.4, -0.2) is 18.9 Å². The lowest BCUT2D eigenvalue weighted by Gasteiger charge is -2.10. The van der Waals surface area contributed by atoms with E-state index < -0.39 is 12.4 Å². The molecular weight excluding hydrogens is 380 g/mol. The zero-order valence-corrected chi connectivity index (χ0v) is 14.2. The van der Waals surface area contributed by atoms with Crippen molar-refractivity contribution in [1.82, 2.24) is 5.32 Å². The molecule has 0 saturated carbocycles. The number of anilines is 1. The second-order valence-corrected chi connectivity index (χ2v) is 5.77. The molecule has 2 aromatic carbocycles. The van der Waals surface area contributed by atoms with E-state index in [1.807, 2.05) is 0 Å². The smallest absolute Gasteiger partial charge is 0.406 e. The molecule has 0 saturated heterocycles. The van der Waals surface area contributed by atoms with Crippen LogP contribution in [0.2, 0.25) is 10.0 Å². The highest BCUT2D eigenvalue weighted by Crippen LogP contribution is 2.24. The van der Waals surface area contributed by atoms with Gasteiger partial charge >= 0.3 is 12.4 Å². The monoisotopic (exact) mass is 392 g/mol. The van der Waals surface area contributed by atoms with E-state index in [2.05, 4.69) is 15.4 Å². The van der Waals surface area contributed by atoms with Gasteiger partial charge in [-0.2, -0.15) is 0 Å². The first-order valence-corrected chi connectivity index (χ1v) is 7.83. The van der Waals surface area contributed by atoms with E-state index in [9.17, 15) is 18.0 Å². The van der Waals surface area contributed by atoms with E-state index in [-0.39, 0.29) is 5.75 Å². The van der Waals surface area contributed by atoms with Crippen molar-refractivity contribution < 1.29 is 22.7 Å². The van der Waals surface area contributed by atoms with E-state index in [1.54, 1.807) is 18.2 Å². The number of hydrogen-bond acceptors (Lipinski definition) is 2. The number of urea groups is 1. The Morgan fingerprint density at radius 2 is 1.72 bits per heavy atom. The van der Waals surface area contributed by atoms with Gasteiger partial charge in [0.15, 0.2) is 0 Å². The molecule has 2 amide bonds. The molecule has 0 heterocycles. The first-order chi connectivity index (χ1) is 11.7. The molecule has 0 aliphatic carbocycles. The maximum absolute atomic E-state index is 12.1. The Bertz CT molecular complexity index is 737. The quantitative estimate of drug-likeness (QED) is 0.729. The highest BCUT2D eigenvalue weighted by atomic mass is 35.5. The molecule has 0 radical (unpaired) electrons. The van der Waals surface area contributed by atoms with E-state index >= 15 is 0 Å². The molecular formula is C16H13Cl2F3N2O2. The molecule has 25 heavy (non-hydrogen) atoms. The number of halogens is 5. The van der Waals surface area contributed by atoms with Crippen molar-refractivity contribution in [3.63, 3.8) is 0 Å². The Kier molecular flexibility index (Phi) is 6.39. The topological polar surface area (TPSA) is 50.4 Å². The van der Waals surface area contributed by atoms with Gasteiger partial charge in [0.2, 0.25) is 0 Å². The Morgan fingerprint density at radius 3 is 2.32 bits per heavy atom. The molecule has 2 rings (SSSR count). The van der Waals surface area contributed by atoms with Crippen molar-refractivity contribution in [3.8, 4) is 5.75 Å². The van der Waals surface area contributed by atoms with E-state index in [4.69, 9.17) is 23.2 Å². The van der Waals surface area contributed by atoms with Gasteiger partial charge in [0.05, 0.1) is 10.0 Å². The van der Waals surface area contributed by atoms with Gasteiger partial charge in [-0.3, -0.25) is 0 Å². The molecule has 0 spiro atoms. The zero-order valence-electron chi connectivity index (χ0n) is 12.7. The lowest BCUT2D eigenvalue weighted by Crippen LogP contribution is -2.30. The van der Waals surface area contributed by atoms with Crippen LogP contribution in [0, 0.1) is 0 Å². The van der Waals surface area contributed by atoms with Crippen LogP contribution in [0.4, 0.5) is 23.7 Å². The third-order valence-electron chi connectivity index (χ3n) is 3.03. The van der Waals surface area contributed by atoms with Crippen molar-refractivity contribution >= 4 is 34.9 Å². The van der Waals surface area contributed by atoms with Crippen LogP contribution in [0.25, 0.3) is 0 Å². The summed E-state index contributed by atoms with van der Waals surface area (Å²) in [5.74, 6) is -0.363. The standard InChI is InChI=1S/C16H13Cl2F3N2O2/c17-13-6-1-10(9-14(13)18)7-8-22-15(24)23-11-2-4-12(5-3-11)25-16(19,20)21/h1-6,9H,7-8H2,(H2,22,23,24). The predicted molar refractivity (Wildman–Crippen MR) is 90.3 cm³/mol. The Labute approximate surface area is 151 Å². The van der Waals surface area contributed by atoms with Crippen molar-refractivity contribution in [3.05, 3.63) is 58.1 Å². The second-order valence-electron chi connectivity index (χ2n) is 4.95. The number of ether oxygens (including phenoxy) is 1. The fourth-order valence-corrected chi connectivity index (χ4v) is 2.25. The summed E-state index contributed by atoms with van der Waals surface area (Å²) in [6.07, 6.45) is -4.21. The van der Waals surface area contributed by atoms with Gasteiger partial charge in [-0.25, -0.2) is 4.79 Å². The van der Waals surface area contributed by atoms with Gasteiger partial charge in [0.1, 0.15) is 5.75 Å². The molecule has 0 aromatic heterocycles. The first-order valence-electron chi connectivity index (χ1n) is 7.07. The fraction of sp³-hybridized carbons (Fsp3) is 0.188.